The van der Waals surface area contributed by atoms with Gasteiger partial charge in [0, 0.05) is 19.6 Å². The molecule has 1 aromatic rings. The maximum atomic E-state index is 11.1. The van der Waals surface area contributed by atoms with Crippen molar-refractivity contribution in [3.63, 3.8) is 0 Å². The van der Waals surface area contributed by atoms with Crippen LogP contribution in [0.4, 0.5) is 0 Å². The predicted molar refractivity (Wildman–Crippen MR) is 82.6 cm³/mol. The number of ether oxygens (including phenoxy) is 2. The molecule has 0 aliphatic carbocycles. The fourth-order valence-corrected chi connectivity index (χ4v) is 2.52. The number of morpholine rings is 1. The summed E-state index contributed by atoms with van der Waals surface area (Å²) in [6, 6.07) is 6.72. The lowest BCUT2D eigenvalue weighted by atomic mass is 10.2. The number of carbonyl (C=O) groups is 1. The van der Waals surface area contributed by atoms with Crippen LogP contribution in [0.15, 0.2) is 24.3 Å². The fraction of sp³-hybridized carbons (Fsp3) is 0.533. The molecule has 1 aliphatic heterocycles. The summed E-state index contributed by atoms with van der Waals surface area (Å²) in [4.78, 5) is 13.3. The number of benzene rings is 1. The Morgan fingerprint density at radius 3 is 2.57 bits per heavy atom. The van der Waals surface area contributed by atoms with Gasteiger partial charge in [0.1, 0.15) is 17.9 Å². The van der Waals surface area contributed by atoms with E-state index < -0.39 is 5.97 Å². The largest absolute Gasteiger partial charge is 0.491 e. The number of aromatic carboxylic acids is 1. The minimum Gasteiger partial charge on any atom is -0.491 e. The second-order valence-electron chi connectivity index (χ2n) is 5.17. The van der Waals surface area contributed by atoms with E-state index in [1.807, 2.05) is 0 Å². The maximum Gasteiger partial charge on any atom is 0.339 e. The Bertz CT molecular complexity index is 459. The van der Waals surface area contributed by atoms with Crippen LogP contribution >= 0.6 is 12.4 Å². The highest BCUT2D eigenvalue weighted by Gasteiger charge is 2.21. The summed E-state index contributed by atoms with van der Waals surface area (Å²) in [7, 11) is 0. The maximum absolute atomic E-state index is 11.1. The van der Waals surface area contributed by atoms with E-state index in [0.717, 1.165) is 19.6 Å². The Labute approximate surface area is 131 Å². The van der Waals surface area contributed by atoms with Crippen molar-refractivity contribution in [2.75, 3.05) is 26.2 Å². The van der Waals surface area contributed by atoms with Gasteiger partial charge in [-0.2, -0.15) is 0 Å². The van der Waals surface area contributed by atoms with Crippen molar-refractivity contribution in [2.24, 2.45) is 0 Å². The van der Waals surface area contributed by atoms with E-state index in [0.29, 0.717) is 12.4 Å². The van der Waals surface area contributed by atoms with Crippen LogP contribution in [-0.4, -0.2) is 54.4 Å². The van der Waals surface area contributed by atoms with Crippen molar-refractivity contribution in [1.82, 2.24) is 4.90 Å². The van der Waals surface area contributed by atoms with Gasteiger partial charge in [-0.25, -0.2) is 4.79 Å². The lowest BCUT2D eigenvalue weighted by molar-refractivity contribution is -0.0699. The predicted octanol–water partition coefficient (Wildman–Crippen LogP) is 2.29. The zero-order chi connectivity index (χ0) is 14.5. The summed E-state index contributed by atoms with van der Waals surface area (Å²) < 4.78 is 11.3. The van der Waals surface area contributed by atoms with Gasteiger partial charge in [-0.3, -0.25) is 4.90 Å². The van der Waals surface area contributed by atoms with Gasteiger partial charge in [0.15, 0.2) is 0 Å². The number of hydrogen-bond donors (Lipinski definition) is 1. The van der Waals surface area contributed by atoms with Gasteiger partial charge in [0.25, 0.3) is 0 Å². The lowest BCUT2D eigenvalue weighted by Gasteiger charge is -2.35. The molecule has 0 saturated carbocycles. The summed E-state index contributed by atoms with van der Waals surface area (Å²) in [6.45, 7) is 7.13. The van der Waals surface area contributed by atoms with Crippen molar-refractivity contribution in [1.29, 1.82) is 0 Å². The zero-order valence-corrected chi connectivity index (χ0v) is 13.1. The summed E-state index contributed by atoms with van der Waals surface area (Å²) in [5.41, 5.74) is 0.205. The third-order valence-electron chi connectivity index (χ3n) is 3.28. The molecule has 1 fully saturated rings. The van der Waals surface area contributed by atoms with E-state index in [2.05, 4.69) is 18.7 Å². The van der Waals surface area contributed by atoms with Gasteiger partial charge in [-0.05, 0) is 26.0 Å². The zero-order valence-electron chi connectivity index (χ0n) is 12.3. The van der Waals surface area contributed by atoms with Crippen LogP contribution < -0.4 is 4.74 Å². The molecule has 1 N–H and O–H groups in total. The highest BCUT2D eigenvalue weighted by Crippen LogP contribution is 2.18. The van der Waals surface area contributed by atoms with Crippen molar-refractivity contribution >= 4 is 18.4 Å². The van der Waals surface area contributed by atoms with Crippen LogP contribution in [-0.2, 0) is 4.74 Å². The lowest BCUT2D eigenvalue weighted by Crippen LogP contribution is -2.46. The van der Waals surface area contributed by atoms with Gasteiger partial charge >= 0.3 is 5.97 Å². The molecule has 2 unspecified atom stereocenters. The average molecular weight is 316 g/mol. The Hall–Kier alpha value is -1.30. The normalized spacial score (nSPS) is 22.4. The number of hydrogen-bond acceptors (Lipinski definition) is 4. The average Bonchev–Trinajstić information content (AvgIpc) is 2.38. The third kappa shape index (κ3) is 5.19. The Morgan fingerprint density at radius 1 is 1.33 bits per heavy atom. The van der Waals surface area contributed by atoms with Crippen molar-refractivity contribution in [2.45, 2.75) is 26.1 Å². The first-order chi connectivity index (χ1) is 9.56. The minimum atomic E-state index is -0.964. The monoisotopic (exact) mass is 315 g/mol. The second kappa shape index (κ2) is 8.22. The standard InChI is InChI=1S/C15H21NO4.ClH/c1-11-9-16(10-12(2)20-11)7-8-19-14-6-4-3-5-13(14)15(17)18;/h3-6,11-12H,7-10H2,1-2H3,(H,17,18);1H. The van der Waals surface area contributed by atoms with Crippen LogP contribution in [0.2, 0.25) is 0 Å². The molecule has 0 bridgehead atoms. The van der Waals surface area contributed by atoms with Crippen molar-refractivity contribution in [3.05, 3.63) is 29.8 Å². The number of carboxylic acids is 1. The number of nitrogens with zero attached hydrogens (tertiary/aromatic N) is 1. The van der Waals surface area contributed by atoms with E-state index in [9.17, 15) is 4.79 Å². The Kier molecular flexibility index (Phi) is 6.95. The number of carboxylic acid groups (broad SMARTS) is 1. The molecule has 2 atom stereocenters. The SMILES string of the molecule is CC1CN(CCOc2ccccc2C(=O)O)CC(C)O1.Cl. The molecule has 0 aromatic heterocycles. The van der Waals surface area contributed by atoms with E-state index in [1.54, 1.807) is 24.3 Å². The molecular weight excluding hydrogens is 294 g/mol. The van der Waals surface area contributed by atoms with Crippen LogP contribution in [0.25, 0.3) is 0 Å². The summed E-state index contributed by atoms with van der Waals surface area (Å²) in [5.74, 6) is -0.538. The molecule has 1 saturated heterocycles. The molecule has 5 nitrogen and oxygen atoms in total. The first-order valence-electron chi connectivity index (χ1n) is 6.89. The summed E-state index contributed by atoms with van der Waals surface area (Å²) >= 11 is 0. The first-order valence-corrected chi connectivity index (χ1v) is 6.89. The summed E-state index contributed by atoms with van der Waals surface area (Å²) in [5, 5.41) is 9.08. The topological polar surface area (TPSA) is 59.0 Å². The summed E-state index contributed by atoms with van der Waals surface area (Å²) in [6.07, 6.45) is 0.454. The Balaban J connectivity index is 0.00000220. The number of rotatable bonds is 5. The van der Waals surface area contributed by atoms with Crippen LogP contribution in [0, 0.1) is 0 Å². The molecule has 0 amide bonds. The molecule has 1 aliphatic rings. The number of halogens is 1. The highest BCUT2D eigenvalue weighted by atomic mass is 35.5. The quantitative estimate of drug-likeness (QED) is 0.903. The fourth-order valence-electron chi connectivity index (χ4n) is 2.52. The number of para-hydroxylation sites is 1. The van der Waals surface area contributed by atoms with Gasteiger partial charge in [0.05, 0.1) is 12.2 Å². The molecule has 1 aromatic carbocycles. The Morgan fingerprint density at radius 2 is 1.95 bits per heavy atom. The third-order valence-corrected chi connectivity index (χ3v) is 3.28. The van der Waals surface area contributed by atoms with Gasteiger partial charge in [-0.1, -0.05) is 12.1 Å². The molecule has 0 radical (unpaired) electrons. The van der Waals surface area contributed by atoms with Crippen molar-refractivity contribution < 1.29 is 19.4 Å². The molecule has 2 rings (SSSR count). The van der Waals surface area contributed by atoms with E-state index in [-0.39, 0.29) is 30.2 Å². The highest BCUT2D eigenvalue weighted by molar-refractivity contribution is 5.90. The molecule has 118 valence electrons. The molecular formula is C15H22ClNO4. The smallest absolute Gasteiger partial charge is 0.339 e. The van der Waals surface area contributed by atoms with Gasteiger partial charge in [-0.15, -0.1) is 12.4 Å². The molecule has 6 heteroatoms. The first kappa shape index (κ1) is 17.8. The van der Waals surface area contributed by atoms with E-state index in [1.165, 1.54) is 0 Å². The van der Waals surface area contributed by atoms with E-state index in [4.69, 9.17) is 14.6 Å². The van der Waals surface area contributed by atoms with Gasteiger partial charge in [0.2, 0.25) is 0 Å². The van der Waals surface area contributed by atoms with E-state index >= 15 is 0 Å². The van der Waals surface area contributed by atoms with Gasteiger partial charge < -0.3 is 14.6 Å². The van der Waals surface area contributed by atoms with Crippen LogP contribution in [0.1, 0.15) is 24.2 Å². The molecule has 1 heterocycles. The van der Waals surface area contributed by atoms with Crippen LogP contribution in [0.3, 0.4) is 0 Å². The minimum absolute atomic E-state index is 0. The molecule has 0 spiro atoms. The van der Waals surface area contributed by atoms with Crippen LogP contribution in [0.5, 0.6) is 5.75 Å². The van der Waals surface area contributed by atoms with Crippen molar-refractivity contribution in [3.8, 4) is 5.75 Å². The second-order valence-corrected chi connectivity index (χ2v) is 5.17. The molecule has 21 heavy (non-hydrogen) atoms.